The average molecular weight is 420 g/mol. The minimum atomic E-state index is -1.58. The zero-order valence-electron chi connectivity index (χ0n) is 16.7. The number of aliphatic hydroxyl groups is 1. The number of hydrogen-bond acceptors (Lipinski definition) is 8. The number of carbonyl (C=O) groups excluding carboxylic acids is 3. The Morgan fingerprint density at radius 3 is 2.55 bits per heavy atom. The van der Waals surface area contributed by atoms with Gasteiger partial charge in [0.15, 0.2) is 23.1 Å². The molecular weight excluding hydrogens is 404 g/mol. The normalized spacial score (nSPS) is 22.7. The van der Waals surface area contributed by atoms with Crippen molar-refractivity contribution in [2.75, 3.05) is 0 Å². The average Bonchev–Trinajstić information content (AvgIpc) is 3.39. The Hall–Kier alpha value is -4.07. The molecule has 8 heteroatoms. The van der Waals surface area contributed by atoms with E-state index in [-0.39, 0.29) is 51.0 Å². The summed E-state index contributed by atoms with van der Waals surface area (Å²) in [6.07, 6.45) is 4.03. The van der Waals surface area contributed by atoms with Gasteiger partial charge >= 0.3 is 0 Å². The van der Waals surface area contributed by atoms with Crippen molar-refractivity contribution in [3.05, 3.63) is 69.8 Å². The topological polar surface area (TPSA) is 123 Å². The zero-order valence-corrected chi connectivity index (χ0v) is 16.7. The third kappa shape index (κ3) is 2.27. The molecule has 2 aliphatic heterocycles. The molecule has 0 saturated heterocycles. The summed E-state index contributed by atoms with van der Waals surface area (Å²) < 4.78 is 16.8. The number of phenols is 1. The molecule has 156 valence electrons. The van der Waals surface area contributed by atoms with Gasteiger partial charge in [0.2, 0.25) is 5.78 Å². The lowest BCUT2D eigenvalue weighted by atomic mass is 9.71. The van der Waals surface area contributed by atoms with Crippen LogP contribution in [0.5, 0.6) is 17.2 Å². The van der Waals surface area contributed by atoms with Crippen molar-refractivity contribution in [1.82, 2.24) is 0 Å². The minimum Gasteiger partial charge on any atom is -0.507 e. The maximum Gasteiger partial charge on any atom is 0.235 e. The van der Waals surface area contributed by atoms with Crippen LogP contribution in [0.4, 0.5) is 0 Å². The Labute approximate surface area is 175 Å². The van der Waals surface area contributed by atoms with Gasteiger partial charge in [-0.1, -0.05) is 0 Å². The lowest BCUT2D eigenvalue weighted by molar-refractivity contribution is -0.123. The summed E-state index contributed by atoms with van der Waals surface area (Å²) in [6.45, 7) is 4.20. The third-order valence-electron chi connectivity index (χ3n) is 5.86. The quantitative estimate of drug-likeness (QED) is 0.560. The van der Waals surface area contributed by atoms with Crippen LogP contribution in [0.1, 0.15) is 41.1 Å². The molecule has 1 aromatic carbocycles. The number of ketones is 3. The number of rotatable bonds is 2. The van der Waals surface area contributed by atoms with Crippen LogP contribution >= 0.6 is 0 Å². The Bertz CT molecular complexity index is 1320. The summed E-state index contributed by atoms with van der Waals surface area (Å²) in [4.78, 5) is 38.4. The van der Waals surface area contributed by atoms with Crippen LogP contribution in [-0.2, 0) is 15.0 Å². The molecule has 0 spiro atoms. The van der Waals surface area contributed by atoms with E-state index in [0.717, 1.165) is 0 Å². The van der Waals surface area contributed by atoms with E-state index in [4.69, 9.17) is 13.9 Å². The van der Waals surface area contributed by atoms with Crippen molar-refractivity contribution in [1.29, 1.82) is 0 Å². The monoisotopic (exact) mass is 420 g/mol. The lowest BCUT2D eigenvalue weighted by Gasteiger charge is -2.27. The van der Waals surface area contributed by atoms with E-state index < -0.39 is 28.5 Å². The molecule has 2 N–H and O–H groups in total. The van der Waals surface area contributed by atoms with Crippen molar-refractivity contribution >= 4 is 23.4 Å². The molecule has 5 rings (SSSR count). The minimum absolute atomic E-state index is 0.00867. The number of phenolic OH excluding ortho intramolecular Hbond substituents is 1. The molecule has 0 radical (unpaired) electrons. The molecule has 0 fully saturated rings. The molecule has 8 nitrogen and oxygen atoms in total. The maximum atomic E-state index is 13.3. The Morgan fingerprint density at radius 2 is 1.90 bits per heavy atom. The van der Waals surface area contributed by atoms with Crippen molar-refractivity contribution in [2.24, 2.45) is 0 Å². The molecule has 1 aromatic heterocycles. The van der Waals surface area contributed by atoms with E-state index in [1.807, 2.05) is 0 Å². The van der Waals surface area contributed by atoms with Crippen LogP contribution in [0.3, 0.4) is 0 Å². The first-order valence-corrected chi connectivity index (χ1v) is 9.43. The van der Waals surface area contributed by atoms with Crippen LogP contribution in [-0.4, -0.2) is 27.6 Å². The number of benzene rings is 1. The second kappa shape index (κ2) is 5.98. The SMILES string of the molecule is CC(=O)C1=C(O)C=C2Oc3c4c(c(C)c(O)c3C2(C)C1=O)O/C(=C\c1ccco1)C4=O. The van der Waals surface area contributed by atoms with Gasteiger partial charge in [0, 0.05) is 17.7 Å². The highest BCUT2D eigenvalue weighted by molar-refractivity contribution is 6.26. The number of allylic oxidation sites excluding steroid dienone is 4. The standard InChI is InChI=1S/C23H16O8/c1-9-18(26)17-21(16-19(27)13(30-20(9)16)7-11-5-4-6-29-11)31-14-8-12(25)15(10(2)24)22(28)23(14,17)3/h4-8,25-26H,1-3H3/b13-7-. The summed E-state index contributed by atoms with van der Waals surface area (Å²) in [5, 5.41) is 21.2. The first kappa shape index (κ1) is 18.9. The summed E-state index contributed by atoms with van der Waals surface area (Å²) in [5.74, 6) is -2.21. The largest absolute Gasteiger partial charge is 0.507 e. The molecular formula is C23H16O8. The molecule has 2 aromatic rings. The summed E-state index contributed by atoms with van der Waals surface area (Å²) in [5.41, 5.74) is -1.62. The van der Waals surface area contributed by atoms with E-state index in [9.17, 15) is 24.6 Å². The van der Waals surface area contributed by atoms with Crippen LogP contribution in [0.25, 0.3) is 6.08 Å². The van der Waals surface area contributed by atoms with Gasteiger partial charge < -0.3 is 24.1 Å². The van der Waals surface area contributed by atoms with Gasteiger partial charge in [-0.05, 0) is 32.9 Å². The first-order chi connectivity index (χ1) is 14.7. The first-order valence-electron chi connectivity index (χ1n) is 9.43. The molecule has 0 bridgehead atoms. The number of furan rings is 1. The van der Waals surface area contributed by atoms with Gasteiger partial charge in [0.1, 0.15) is 45.3 Å². The molecule has 1 atom stereocenters. The zero-order chi connectivity index (χ0) is 22.2. The second-order valence-electron chi connectivity index (χ2n) is 7.72. The highest BCUT2D eigenvalue weighted by atomic mass is 16.5. The van der Waals surface area contributed by atoms with Gasteiger partial charge in [0.05, 0.1) is 11.8 Å². The fourth-order valence-electron chi connectivity index (χ4n) is 4.23. The van der Waals surface area contributed by atoms with E-state index >= 15 is 0 Å². The van der Waals surface area contributed by atoms with Gasteiger partial charge in [-0.3, -0.25) is 14.4 Å². The number of Topliss-reactive ketones (excluding diaryl/α,β-unsaturated/α-hetero) is 3. The highest BCUT2D eigenvalue weighted by Crippen LogP contribution is 2.59. The van der Waals surface area contributed by atoms with E-state index in [1.165, 1.54) is 32.3 Å². The van der Waals surface area contributed by atoms with Crippen LogP contribution in [0, 0.1) is 6.92 Å². The summed E-state index contributed by atoms with van der Waals surface area (Å²) in [6, 6.07) is 3.31. The van der Waals surface area contributed by atoms with Gasteiger partial charge in [0.25, 0.3) is 0 Å². The van der Waals surface area contributed by atoms with Gasteiger partial charge in [-0.25, -0.2) is 0 Å². The lowest BCUT2D eigenvalue weighted by Crippen LogP contribution is -2.38. The van der Waals surface area contributed by atoms with Crippen molar-refractivity contribution in [3.8, 4) is 17.2 Å². The number of hydrogen-bond donors (Lipinski definition) is 2. The Balaban J connectivity index is 1.74. The molecule has 0 amide bonds. The fraction of sp³-hybridized carbons (Fsp3) is 0.174. The van der Waals surface area contributed by atoms with Crippen LogP contribution in [0.15, 0.2) is 51.7 Å². The third-order valence-corrected chi connectivity index (χ3v) is 5.86. The maximum absolute atomic E-state index is 13.3. The predicted octanol–water partition coefficient (Wildman–Crippen LogP) is 3.43. The van der Waals surface area contributed by atoms with Crippen molar-refractivity contribution in [2.45, 2.75) is 26.2 Å². The number of aromatic hydroxyl groups is 1. The van der Waals surface area contributed by atoms with Gasteiger partial charge in [-0.15, -0.1) is 0 Å². The Kier molecular flexibility index (Phi) is 3.65. The smallest absolute Gasteiger partial charge is 0.235 e. The van der Waals surface area contributed by atoms with Crippen molar-refractivity contribution < 1.29 is 38.5 Å². The van der Waals surface area contributed by atoms with Crippen LogP contribution in [0.2, 0.25) is 0 Å². The second-order valence-corrected chi connectivity index (χ2v) is 7.72. The van der Waals surface area contributed by atoms with Crippen molar-refractivity contribution in [3.63, 3.8) is 0 Å². The van der Waals surface area contributed by atoms with E-state index in [0.29, 0.717) is 5.76 Å². The van der Waals surface area contributed by atoms with Crippen LogP contribution < -0.4 is 9.47 Å². The number of fused-ring (bicyclic) bond motifs is 5. The summed E-state index contributed by atoms with van der Waals surface area (Å²) >= 11 is 0. The highest BCUT2D eigenvalue weighted by Gasteiger charge is 2.56. The molecule has 3 heterocycles. The van der Waals surface area contributed by atoms with E-state index in [2.05, 4.69) is 0 Å². The number of ether oxygens (including phenoxy) is 2. The van der Waals surface area contributed by atoms with E-state index in [1.54, 1.807) is 19.1 Å². The fourth-order valence-corrected chi connectivity index (χ4v) is 4.23. The molecule has 1 unspecified atom stereocenters. The molecule has 3 aliphatic rings. The number of aliphatic hydroxyl groups excluding tert-OH is 1. The summed E-state index contributed by atoms with van der Waals surface area (Å²) in [7, 11) is 0. The van der Waals surface area contributed by atoms with Gasteiger partial charge in [-0.2, -0.15) is 0 Å². The predicted molar refractivity (Wildman–Crippen MR) is 106 cm³/mol. The molecule has 1 aliphatic carbocycles. The Morgan fingerprint density at radius 1 is 1.16 bits per heavy atom. The number of carbonyl (C=O) groups is 3. The molecule has 0 saturated carbocycles. The molecule has 31 heavy (non-hydrogen) atoms.